The van der Waals surface area contributed by atoms with E-state index in [9.17, 15) is 32.7 Å². The molecule has 656 valence electrons. The van der Waals surface area contributed by atoms with Crippen molar-refractivity contribution in [3.63, 3.8) is 0 Å². The van der Waals surface area contributed by atoms with Gasteiger partial charge >= 0.3 is 24.1 Å². The Labute approximate surface area is 719 Å². The molecule has 120 heavy (non-hydrogen) atoms. The highest BCUT2D eigenvalue weighted by Gasteiger charge is 2.51. The van der Waals surface area contributed by atoms with Gasteiger partial charge in [-0.1, -0.05) is 113 Å². The third kappa shape index (κ3) is 19.3. The van der Waals surface area contributed by atoms with E-state index < -0.39 is 30.1 Å². The molecule has 3 aromatic heterocycles. The van der Waals surface area contributed by atoms with Gasteiger partial charge in [0.05, 0.1) is 33.1 Å². The van der Waals surface area contributed by atoms with Gasteiger partial charge in [-0.25, -0.2) is 24.5 Å². The molecule has 15 aliphatic rings. The number of piperidine rings is 6. The van der Waals surface area contributed by atoms with E-state index in [1.165, 1.54) is 228 Å². The number of aromatic nitrogens is 6. The summed E-state index contributed by atoms with van der Waals surface area (Å²) in [4.78, 5) is 74.0. The summed E-state index contributed by atoms with van der Waals surface area (Å²) in [6, 6.07) is 33.1. The number of aldehydes is 1. The van der Waals surface area contributed by atoms with Crippen LogP contribution in [-0.4, -0.2) is 182 Å². The van der Waals surface area contributed by atoms with Gasteiger partial charge in [0.1, 0.15) is 29.3 Å². The number of halogens is 4. The molecule has 2 N–H and O–H groups in total. The van der Waals surface area contributed by atoms with E-state index >= 15 is 0 Å². The molecule has 0 spiro atoms. The average Bonchev–Trinajstić information content (AvgIpc) is 1.55. The third-order valence-electron chi connectivity index (χ3n) is 31.3. The van der Waals surface area contributed by atoms with Crippen molar-refractivity contribution in [1.82, 2.24) is 48.7 Å². The molecule has 12 heterocycles. The Morgan fingerprint density at radius 3 is 1.07 bits per heavy atom. The Hall–Kier alpha value is -6.14. The van der Waals surface area contributed by atoms with Gasteiger partial charge in [-0.05, 0) is 309 Å². The maximum absolute atomic E-state index is 13.3. The summed E-state index contributed by atoms with van der Waals surface area (Å²) in [7, 11) is 0. The van der Waals surface area contributed by atoms with Crippen molar-refractivity contribution in [2.45, 2.75) is 400 Å². The molecular formula is C97H138BrF3N12O7. The number of ether oxygens (including phenoxy) is 2. The molecule has 19 nitrogen and oxygen atoms in total. The number of aliphatic carboxylic acids is 1. The molecule has 9 aliphatic heterocycles. The number of benzene rings is 3. The lowest BCUT2D eigenvalue weighted by atomic mass is 9.68. The lowest BCUT2D eigenvalue weighted by Gasteiger charge is -2.55. The van der Waals surface area contributed by atoms with Crippen LogP contribution in [0, 0.1) is 35.5 Å². The molecule has 9 saturated heterocycles. The average molecular weight is 1720 g/mol. The summed E-state index contributed by atoms with van der Waals surface area (Å²) in [5.74, 6) is 6.92. The van der Waals surface area contributed by atoms with Crippen molar-refractivity contribution in [2.75, 3.05) is 29.4 Å². The highest BCUT2D eigenvalue weighted by Crippen LogP contribution is 2.54. The van der Waals surface area contributed by atoms with Crippen molar-refractivity contribution in [2.24, 2.45) is 35.5 Å². The number of hydrogen-bond donors (Lipinski definition) is 2. The second-order valence-corrected chi connectivity index (χ2v) is 42.4. The van der Waals surface area contributed by atoms with Crippen LogP contribution in [0.2, 0.25) is 0 Å². The summed E-state index contributed by atoms with van der Waals surface area (Å²) < 4.78 is 50.9. The topological polar surface area (TPSA) is 189 Å². The summed E-state index contributed by atoms with van der Waals surface area (Å²) in [6.45, 7) is 14.1. The first kappa shape index (κ1) is 86.0. The largest absolute Gasteiger partial charge is 0.480 e. The van der Waals surface area contributed by atoms with Crippen LogP contribution in [0.5, 0.6) is 0 Å². The minimum atomic E-state index is -4.64. The van der Waals surface area contributed by atoms with Gasteiger partial charge in [0.25, 0.3) is 0 Å². The Bertz CT molecular complexity index is 4430. The zero-order chi connectivity index (χ0) is 83.3. The van der Waals surface area contributed by atoms with Crippen molar-refractivity contribution in [1.29, 1.82) is 0 Å². The highest BCUT2D eigenvalue weighted by atomic mass is 79.9. The first-order chi connectivity index (χ1) is 57.8. The third-order valence-corrected chi connectivity index (χ3v) is 31.8. The van der Waals surface area contributed by atoms with Gasteiger partial charge in [-0.2, -0.15) is 13.2 Å². The number of rotatable bonds is 11. The molecule has 21 atom stereocenters. The zero-order valence-corrected chi connectivity index (χ0v) is 74.2. The molecule has 3 aromatic carbocycles. The normalized spacial score (nSPS) is 34.4. The summed E-state index contributed by atoms with van der Waals surface area (Å²) in [5.41, 5.74) is 6.06. The fourth-order valence-electron chi connectivity index (χ4n) is 27.1. The van der Waals surface area contributed by atoms with Crippen LogP contribution in [0.25, 0.3) is 33.1 Å². The summed E-state index contributed by atoms with van der Waals surface area (Å²) >= 11 is 3.79. The molecule has 21 rings (SSSR count). The van der Waals surface area contributed by atoms with Crippen molar-refractivity contribution >= 4 is 85.1 Å². The number of para-hydroxylation sites is 6. The lowest BCUT2D eigenvalue weighted by Crippen LogP contribution is -2.58. The first-order valence-electron chi connectivity index (χ1n) is 47.7. The molecule has 23 heteroatoms. The molecule has 15 fully saturated rings. The monoisotopic (exact) mass is 1720 g/mol. The Morgan fingerprint density at radius 1 is 0.400 bits per heavy atom. The number of nitrogens with one attached hydrogen (secondary N) is 1. The number of nitrogens with zero attached hydrogens (tertiary/aromatic N) is 11. The van der Waals surface area contributed by atoms with E-state index in [1.54, 1.807) is 0 Å². The van der Waals surface area contributed by atoms with Crippen LogP contribution >= 0.6 is 15.9 Å². The number of alkyl halides is 3. The number of esters is 2. The molecule has 12 bridgehead atoms. The Morgan fingerprint density at radius 2 is 0.725 bits per heavy atom. The van der Waals surface area contributed by atoms with Crippen molar-refractivity contribution in [3.8, 4) is 0 Å². The predicted molar refractivity (Wildman–Crippen MR) is 470 cm³/mol. The van der Waals surface area contributed by atoms with E-state index in [0.717, 1.165) is 151 Å². The number of hydrogen-bond acceptors (Lipinski definition) is 15. The molecule has 0 amide bonds. The van der Waals surface area contributed by atoms with Crippen molar-refractivity contribution in [3.05, 3.63) is 77.5 Å². The summed E-state index contributed by atoms with van der Waals surface area (Å²) in [6.07, 6.45) is 46.0. The minimum absolute atomic E-state index is 0.0655. The fraction of sp³-hybridized carbons (Fsp3) is 0.742. The van der Waals surface area contributed by atoms with Crippen LogP contribution in [0.15, 0.2) is 77.5 Å². The number of fused-ring (bicyclic) bond motifs is 15. The molecule has 6 aromatic rings. The second-order valence-electron chi connectivity index (χ2n) is 41.7. The van der Waals surface area contributed by atoms with E-state index in [4.69, 9.17) is 29.2 Å². The Balaban J connectivity index is 0.000000117. The number of carbonyl (C=O) groups excluding carboxylic acids is 3. The van der Waals surface area contributed by atoms with Crippen LogP contribution in [0.1, 0.15) is 310 Å². The van der Waals surface area contributed by atoms with Crippen LogP contribution in [0.4, 0.5) is 25.1 Å². The molecular weight excluding hydrogens is 1580 g/mol. The van der Waals surface area contributed by atoms with Crippen molar-refractivity contribution < 1.29 is 46.9 Å². The predicted octanol–water partition coefficient (Wildman–Crippen LogP) is 20.6. The van der Waals surface area contributed by atoms with E-state index in [1.807, 2.05) is 41.5 Å². The SMILES string of the molecule is Brc1nc2ccccc2n1C1C[C@H]2CCC[C@@H](C1)N2C1C[C@H]2CCC[C@@H](C1)C2.CC(C)(C)OC(=O)[C@H]1CCCN1.CC(C)(C)OC(=O)[C@H]1CCCN1c1nc2ccccc2n1C1C[C@H]2CCC[C@@H](C1)N2C1C[C@H]2CCC[C@@H](C1)C2.O=C(O)[C@H]1CCCN1c1nc2ccccc2n1C1C[C@H]2CCC[C@@H](C1)N2C1C[C@H]2CCC[C@@H](C1)C2.O=CC(F)(F)F. The molecule has 0 radical (unpaired) electrons. The van der Waals surface area contributed by atoms with E-state index in [0.29, 0.717) is 48.7 Å². The first-order valence-corrected chi connectivity index (χ1v) is 48.5. The van der Waals surface area contributed by atoms with Gasteiger partial charge in [-0.15, -0.1) is 0 Å². The quantitative estimate of drug-likeness (QED) is 0.0920. The number of carbonyl (C=O) groups is 4. The van der Waals surface area contributed by atoms with E-state index in [-0.39, 0.29) is 29.6 Å². The minimum Gasteiger partial charge on any atom is -0.480 e. The van der Waals surface area contributed by atoms with E-state index in [2.05, 4.69) is 132 Å². The van der Waals surface area contributed by atoms with Crippen LogP contribution in [0.3, 0.4) is 0 Å². The zero-order valence-electron chi connectivity index (χ0n) is 72.7. The van der Waals surface area contributed by atoms with Gasteiger partial charge < -0.3 is 43.4 Å². The lowest BCUT2D eigenvalue weighted by molar-refractivity contribution is -0.157. The van der Waals surface area contributed by atoms with Gasteiger partial charge in [-0.3, -0.25) is 24.3 Å². The highest BCUT2D eigenvalue weighted by molar-refractivity contribution is 9.10. The second kappa shape index (κ2) is 36.8. The molecule has 6 saturated carbocycles. The summed E-state index contributed by atoms with van der Waals surface area (Å²) in [5, 5.41) is 13.0. The number of imidazole rings is 3. The van der Waals surface area contributed by atoms with Crippen LogP contribution in [-0.2, 0) is 28.7 Å². The molecule has 6 unspecified atom stereocenters. The number of carboxylic acid groups (broad SMARTS) is 1. The standard InChI is InChI=1S/C33H48N4O2.C29H40N4O2.C24H32BrN3.C9H17NO2.C2HF3O/c1-33(2,3)39-31(38)30-15-8-16-35(30)32-34-28-13-4-5-14-29(28)37(32)27-20-24-11-7-12-25(21-27)36(24)26-18-22-9-6-10-23(17-22)19-26;34-28(35)27-12-5-13-31(27)29-30-25-10-1-2-11-26(25)33(29)24-17-21-8-4-9-22(18-24)32(21)23-15-19-6-3-7-20(14-19)16-23;25-24-26-22-9-1-2-10-23(22)28(24)21-14-18-7-4-8-19(15-21)27(18)20-12-16-5-3-6-17(11-16)13-20;1-9(2,3)12-8(11)7-5-4-6-10-7;3-2(4,5)1-6/h4-5,13-14,22-27,30H,6-12,15-21H2,1-3H3;1-2,10-11,19-24,27H,3-9,12-18H2,(H,34,35);1-2,9-10,16-21H,3-8,11-15H2;7,10H,4-6H2,1-3H3;1H/t22-,23+,24-,25+,26?,27?,30-;19-,20+,21-,22+,23?,24?,27-;16-,17+,18-,19+,20?,21?;7-;/m11.1./s1. The van der Waals surface area contributed by atoms with Crippen LogP contribution < -0.4 is 15.1 Å². The van der Waals surface area contributed by atoms with Gasteiger partial charge in [0, 0.05) is 85.6 Å². The maximum atomic E-state index is 13.3. The number of carboxylic acids is 1. The maximum Gasteiger partial charge on any atom is 0.446 e. The smallest absolute Gasteiger partial charge is 0.446 e. The van der Waals surface area contributed by atoms with Gasteiger partial charge in [0.2, 0.25) is 18.2 Å². The van der Waals surface area contributed by atoms with Gasteiger partial charge in [0.15, 0.2) is 4.73 Å². The Kier molecular flexibility index (Phi) is 26.4. The number of anilines is 2. The molecule has 6 aliphatic carbocycles. The fourth-order valence-corrected chi connectivity index (χ4v) is 27.8.